The lowest BCUT2D eigenvalue weighted by Crippen LogP contribution is -2.60. The van der Waals surface area contributed by atoms with Crippen LogP contribution in [-0.4, -0.2) is 129 Å². The van der Waals surface area contributed by atoms with Crippen molar-refractivity contribution in [3.8, 4) is 29.3 Å². The van der Waals surface area contributed by atoms with Crippen LogP contribution in [-0.2, 0) is 56.0 Å². The summed E-state index contributed by atoms with van der Waals surface area (Å²) in [6.07, 6.45) is -2.60. The van der Waals surface area contributed by atoms with Gasteiger partial charge in [0.05, 0.1) is 16.2 Å². The molecule has 0 aliphatic carbocycles. The quantitative estimate of drug-likeness (QED) is 0.0330. The fraction of sp³-hybridized carbons (Fsp3) is 0.264. The van der Waals surface area contributed by atoms with Crippen molar-refractivity contribution in [3.63, 3.8) is 0 Å². The third-order valence-electron chi connectivity index (χ3n) is 11.7. The summed E-state index contributed by atoms with van der Waals surface area (Å²) in [5.74, 6) is -10.4. The minimum absolute atomic E-state index is 0.00915. The van der Waals surface area contributed by atoms with Crippen LogP contribution in [0.25, 0.3) is 29.3 Å². The predicted molar refractivity (Wildman–Crippen MR) is 298 cm³/mol. The maximum absolute atomic E-state index is 13.3. The largest absolute Gasteiger partial charge is 0.481 e. The van der Waals surface area contributed by atoms with Crippen LogP contribution in [0.2, 0.25) is 0 Å². The van der Waals surface area contributed by atoms with Crippen molar-refractivity contribution in [1.29, 1.82) is 0 Å². The summed E-state index contributed by atoms with van der Waals surface area (Å²) in [5, 5.41) is 47.0. The monoisotopic (exact) mass is 1170 g/mol. The zero-order chi connectivity index (χ0) is 58.2. The van der Waals surface area contributed by atoms with Crippen molar-refractivity contribution in [2.75, 3.05) is 6.54 Å². The predicted octanol–water partition coefficient (Wildman–Crippen LogP) is 2.78. The number of nitrogens with one attached hydrogen (secondary N) is 8. The number of hydrogen-bond donors (Lipinski definition) is 12. The lowest BCUT2D eigenvalue weighted by Gasteiger charge is -2.23. The highest BCUT2D eigenvalue weighted by molar-refractivity contribution is 7.29. The average Bonchev–Trinajstić information content (AvgIpc) is 4.28. The highest BCUT2D eigenvalue weighted by Gasteiger charge is 2.32. The molecule has 4 aromatic heterocycles. The molecule has 0 fully saturated rings. The summed E-state index contributed by atoms with van der Waals surface area (Å²) in [6, 6.07) is 23.8. The van der Waals surface area contributed by atoms with Gasteiger partial charge in [0, 0.05) is 42.1 Å². The first-order chi connectivity index (χ1) is 38.0. The molecule has 80 heavy (non-hydrogen) atoms. The molecule has 0 unspecified atom stereocenters. The van der Waals surface area contributed by atoms with Crippen LogP contribution in [0.4, 0.5) is 0 Å². The first kappa shape index (κ1) is 60.6. The molecule has 0 saturated heterocycles. The third kappa shape index (κ3) is 17.4. The van der Waals surface area contributed by atoms with Crippen molar-refractivity contribution < 1.29 is 68.1 Å². The number of carboxylic acids is 3. The van der Waals surface area contributed by atoms with Gasteiger partial charge >= 0.3 is 17.9 Å². The van der Waals surface area contributed by atoms with E-state index in [1.807, 2.05) is 24.3 Å². The summed E-state index contributed by atoms with van der Waals surface area (Å²) in [4.78, 5) is 145. The molecular formula is C53H55N9O14S4. The van der Waals surface area contributed by atoms with Gasteiger partial charge in [0.2, 0.25) is 29.5 Å². The van der Waals surface area contributed by atoms with Gasteiger partial charge in [0.25, 0.3) is 17.7 Å². The number of carbonyl (C=O) groups excluding carboxylic acids is 8. The van der Waals surface area contributed by atoms with E-state index in [-0.39, 0.29) is 12.8 Å². The molecule has 8 amide bonds. The van der Waals surface area contributed by atoms with Crippen molar-refractivity contribution in [3.05, 3.63) is 130 Å². The summed E-state index contributed by atoms with van der Waals surface area (Å²) < 4.78 is 0. The van der Waals surface area contributed by atoms with E-state index in [9.17, 15) is 57.8 Å². The molecule has 7 atom stereocenters. The van der Waals surface area contributed by atoms with Gasteiger partial charge in [-0.15, -0.1) is 45.3 Å². The molecule has 23 nitrogen and oxygen atoms in total. The number of rotatable bonds is 27. The molecule has 6 aromatic rings. The number of thiophene rings is 4. The van der Waals surface area contributed by atoms with Gasteiger partial charge in [0.15, 0.2) is 6.17 Å². The van der Waals surface area contributed by atoms with Crippen LogP contribution in [0.5, 0.6) is 0 Å². The van der Waals surface area contributed by atoms with Gasteiger partial charge in [-0.3, -0.25) is 47.9 Å². The Hall–Kier alpha value is -8.63. The Morgan fingerprint density at radius 1 is 0.412 bits per heavy atom. The number of amides is 8. The molecule has 0 spiro atoms. The molecule has 2 aromatic carbocycles. The van der Waals surface area contributed by atoms with E-state index >= 15 is 0 Å². The minimum Gasteiger partial charge on any atom is -0.481 e. The molecule has 420 valence electrons. The summed E-state index contributed by atoms with van der Waals surface area (Å²) in [7, 11) is 0. The SMILES string of the molecule is C[C@H](NC(=O)c1ccc(-c2ccc(-c3ccc(-c4ccc(C(=O)N[C@H](C)C(=O)N[C@H](N)C(=O)N[C@H](Cc5ccccc5)C(=O)NCC(=O)O)s4)s3)s2)s1)C(=O)N[C@@H](C)C(=O)N[C@@H](Cc1ccccc1)C(=O)N[C@@H](CC(=O)O)C(=O)O. The molecule has 6 rings (SSSR count). The van der Waals surface area contributed by atoms with Gasteiger partial charge in [0.1, 0.15) is 42.8 Å². The van der Waals surface area contributed by atoms with Gasteiger partial charge in [-0.25, -0.2) is 4.79 Å². The van der Waals surface area contributed by atoms with E-state index < -0.39 is 121 Å². The smallest absolute Gasteiger partial charge is 0.326 e. The van der Waals surface area contributed by atoms with Crippen molar-refractivity contribution in [2.45, 2.75) is 82.5 Å². The Labute approximate surface area is 472 Å². The zero-order valence-electron chi connectivity index (χ0n) is 42.8. The van der Waals surface area contributed by atoms with Crippen LogP contribution in [0.3, 0.4) is 0 Å². The molecule has 13 N–H and O–H groups in total. The van der Waals surface area contributed by atoms with Crippen molar-refractivity contribution >= 4 is 111 Å². The Morgan fingerprint density at radius 2 is 0.787 bits per heavy atom. The normalized spacial score (nSPS) is 13.6. The maximum atomic E-state index is 13.3. The number of nitrogens with two attached hydrogens (primary N) is 1. The molecule has 27 heteroatoms. The lowest BCUT2D eigenvalue weighted by molar-refractivity contribution is -0.147. The van der Waals surface area contributed by atoms with Crippen molar-refractivity contribution in [2.24, 2.45) is 5.73 Å². The highest BCUT2D eigenvalue weighted by atomic mass is 32.1. The molecule has 0 aliphatic rings. The number of benzene rings is 2. The molecule has 0 radical (unpaired) electrons. The average molecular weight is 1170 g/mol. The standard InChI is InChI=1S/C53H55N9O14S4/c1-26(45(67)56-27(2)46(68)59-32(23-30-12-8-5-9-13-30)49(71)61-33(53(75)76)24-42(63)64)57-50(72)40-20-18-38(79-40)36-16-14-34(77-36)35-15-17-37(78-35)39-19-21-41(80-39)51(73)58-28(3)47(69)62-44(54)52(74)60-31(48(70)55-25-43(65)66)22-29-10-6-4-7-11-29/h4-21,26-28,31-33,44H,22-25,54H2,1-3H3,(H,55,70)(H,56,67)(H,57,72)(H,58,73)(H,59,68)(H,60,74)(H,61,71)(H,62,69)(H,63,64)(H,65,66)(H,75,76)/t26-,27-,28+,31+,32-,33-,44-/m0/s1. The molecule has 0 bridgehead atoms. The van der Waals surface area contributed by atoms with Gasteiger partial charge in [-0.1, -0.05) is 60.7 Å². The number of hydrogen-bond acceptors (Lipinski definition) is 16. The van der Waals surface area contributed by atoms with Crippen LogP contribution in [0.15, 0.2) is 109 Å². The van der Waals surface area contributed by atoms with E-state index in [0.717, 1.165) is 29.3 Å². The Bertz CT molecular complexity index is 3250. The fourth-order valence-electron chi connectivity index (χ4n) is 7.41. The number of aliphatic carboxylic acids is 3. The van der Waals surface area contributed by atoms with E-state index in [1.165, 1.54) is 66.1 Å². The van der Waals surface area contributed by atoms with Crippen LogP contribution < -0.4 is 48.3 Å². The second-order valence-electron chi connectivity index (χ2n) is 17.9. The molecule has 4 heterocycles. The van der Waals surface area contributed by atoms with Crippen LogP contribution in [0.1, 0.15) is 57.7 Å². The minimum atomic E-state index is -1.77. The van der Waals surface area contributed by atoms with E-state index in [2.05, 4.69) is 42.5 Å². The van der Waals surface area contributed by atoms with Crippen molar-refractivity contribution in [1.82, 2.24) is 42.5 Å². The van der Waals surface area contributed by atoms with Gasteiger partial charge in [-0.2, -0.15) is 0 Å². The molecule has 0 saturated carbocycles. The fourth-order valence-corrected chi connectivity index (χ4v) is 11.5. The summed E-state index contributed by atoms with van der Waals surface area (Å²) in [6.45, 7) is 3.51. The van der Waals surface area contributed by atoms with Gasteiger partial charge in [-0.05, 0) is 80.4 Å². The number of carboxylic acid groups (broad SMARTS) is 3. The first-order valence-corrected chi connectivity index (χ1v) is 27.6. The second kappa shape index (κ2) is 28.3. The maximum Gasteiger partial charge on any atom is 0.326 e. The first-order valence-electron chi connectivity index (χ1n) is 24.4. The number of carbonyl (C=O) groups is 11. The Morgan fingerprint density at radius 3 is 1.23 bits per heavy atom. The van der Waals surface area contributed by atoms with Gasteiger partial charge < -0.3 is 63.6 Å². The lowest BCUT2D eigenvalue weighted by atomic mass is 10.0. The van der Waals surface area contributed by atoms with Crippen LogP contribution in [0, 0.1) is 0 Å². The second-order valence-corrected chi connectivity index (χ2v) is 22.2. The third-order valence-corrected chi connectivity index (χ3v) is 16.6. The summed E-state index contributed by atoms with van der Waals surface area (Å²) in [5.41, 5.74) is 7.24. The topological polar surface area (TPSA) is 371 Å². The van der Waals surface area contributed by atoms with E-state index in [4.69, 9.17) is 15.9 Å². The Balaban J connectivity index is 0.982. The molecular weight excluding hydrogens is 1110 g/mol. The summed E-state index contributed by atoms with van der Waals surface area (Å²) >= 11 is 5.38. The highest BCUT2D eigenvalue weighted by Crippen LogP contribution is 2.43. The van der Waals surface area contributed by atoms with Crippen LogP contribution >= 0.6 is 45.3 Å². The zero-order valence-corrected chi connectivity index (χ0v) is 46.1. The Kier molecular flexibility index (Phi) is 21.4. The molecule has 0 aliphatic heterocycles. The van der Waals surface area contributed by atoms with E-state index in [1.54, 1.807) is 84.9 Å². The van der Waals surface area contributed by atoms with E-state index in [0.29, 0.717) is 20.9 Å².